The minimum Gasteiger partial charge on any atom is -0.497 e. The van der Waals surface area contributed by atoms with Crippen LogP contribution in [0.15, 0.2) is 30.5 Å². The molecule has 1 N–H and O–H groups in total. The first-order chi connectivity index (χ1) is 9.39. The lowest BCUT2D eigenvalue weighted by atomic mass is 10.1. The summed E-state index contributed by atoms with van der Waals surface area (Å²) >= 11 is 0. The molecule has 1 aromatic heterocycles. The zero-order chi connectivity index (χ0) is 14.8. The van der Waals surface area contributed by atoms with Crippen molar-refractivity contribution in [3.05, 3.63) is 30.5 Å². The van der Waals surface area contributed by atoms with E-state index in [4.69, 9.17) is 4.74 Å². The third-order valence-electron chi connectivity index (χ3n) is 2.91. The molecule has 1 heterocycles. The second-order valence-electron chi connectivity index (χ2n) is 4.88. The number of pyridine rings is 1. The molecule has 2 rings (SSSR count). The van der Waals surface area contributed by atoms with Gasteiger partial charge in [-0.05, 0) is 30.5 Å². The van der Waals surface area contributed by atoms with Crippen molar-refractivity contribution in [2.45, 2.75) is 13.0 Å². The van der Waals surface area contributed by atoms with E-state index in [9.17, 15) is 8.42 Å². The van der Waals surface area contributed by atoms with Gasteiger partial charge in [-0.25, -0.2) is 13.4 Å². The van der Waals surface area contributed by atoms with Gasteiger partial charge in [0.25, 0.3) is 0 Å². The van der Waals surface area contributed by atoms with Crippen LogP contribution in [0.1, 0.15) is 6.92 Å². The van der Waals surface area contributed by atoms with Crippen molar-refractivity contribution in [3.8, 4) is 5.75 Å². The van der Waals surface area contributed by atoms with Crippen molar-refractivity contribution in [3.63, 3.8) is 0 Å². The van der Waals surface area contributed by atoms with Crippen LogP contribution < -0.4 is 10.1 Å². The van der Waals surface area contributed by atoms with Crippen molar-refractivity contribution < 1.29 is 13.2 Å². The minimum atomic E-state index is -3.02. The quantitative estimate of drug-likeness (QED) is 0.914. The molecule has 1 atom stereocenters. The predicted molar refractivity (Wildman–Crippen MR) is 81.1 cm³/mol. The van der Waals surface area contributed by atoms with Crippen LogP contribution in [0, 0.1) is 0 Å². The lowest BCUT2D eigenvalue weighted by Crippen LogP contribution is -2.25. The van der Waals surface area contributed by atoms with E-state index in [2.05, 4.69) is 10.3 Å². The van der Waals surface area contributed by atoms with Gasteiger partial charge in [0, 0.05) is 23.9 Å². The summed E-state index contributed by atoms with van der Waals surface area (Å²) in [5.41, 5.74) is 0. The molecule has 0 spiro atoms. The first-order valence-corrected chi connectivity index (χ1v) is 8.32. The molecule has 20 heavy (non-hydrogen) atoms. The summed E-state index contributed by atoms with van der Waals surface area (Å²) in [6.07, 6.45) is 2.93. The third-order valence-corrected chi connectivity index (χ3v) is 4.01. The second kappa shape index (κ2) is 5.66. The number of rotatable bonds is 5. The Kier molecular flexibility index (Phi) is 4.13. The fourth-order valence-corrected chi connectivity index (χ4v) is 3.11. The Bertz CT molecular complexity index is 713. The average Bonchev–Trinajstić information content (AvgIpc) is 2.36. The fourth-order valence-electron chi connectivity index (χ4n) is 2.12. The summed E-state index contributed by atoms with van der Waals surface area (Å²) in [5, 5.41) is 5.08. The molecule has 0 saturated carbocycles. The van der Waals surface area contributed by atoms with E-state index >= 15 is 0 Å². The maximum absolute atomic E-state index is 11.3. The van der Waals surface area contributed by atoms with Crippen LogP contribution in [0.5, 0.6) is 5.75 Å². The number of fused-ring (bicyclic) bond motifs is 1. The number of benzene rings is 1. The van der Waals surface area contributed by atoms with Gasteiger partial charge in [-0.2, -0.15) is 0 Å². The standard InChI is InChI=1S/C14H18N2O3S/c1-10(9-20(3,17)18)16-14-13-8-12(19-2)5-4-11(13)6-7-15-14/h4-8,10H,9H2,1-3H3,(H,15,16). The van der Waals surface area contributed by atoms with Gasteiger partial charge in [0.05, 0.1) is 12.9 Å². The highest BCUT2D eigenvalue weighted by molar-refractivity contribution is 7.90. The van der Waals surface area contributed by atoms with E-state index in [0.717, 1.165) is 16.5 Å². The van der Waals surface area contributed by atoms with Crippen LogP contribution in [0.2, 0.25) is 0 Å². The number of ether oxygens (including phenoxy) is 1. The Morgan fingerprint density at radius 1 is 1.35 bits per heavy atom. The van der Waals surface area contributed by atoms with Gasteiger partial charge in [0.2, 0.25) is 0 Å². The molecule has 1 unspecified atom stereocenters. The van der Waals surface area contributed by atoms with E-state index in [-0.39, 0.29) is 11.8 Å². The Morgan fingerprint density at radius 3 is 2.75 bits per heavy atom. The Balaban J connectivity index is 2.34. The molecule has 0 aliphatic heterocycles. The number of methoxy groups -OCH3 is 1. The largest absolute Gasteiger partial charge is 0.497 e. The molecule has 2 aromatic rings. The molecule has 1 aromatic carbocycles. The van der Waals surface area contributed by atoms with Gasteiger partial charge < -0.3 is 10.1 Å². The lowest BCUT2D eigenvalue weighted by molar-refractivity contribution is 0.415. The molecule has 6 heteroatoms. The SMILES string of the molecule is COc1ccc2ccnc(NC(C)CS(C)(=O)=O)c2c1. The normalized spacial score (nSPS) is 13.2. The summed E-state index contributed by atoms with van der Waals surface area (Å²) in [5.74, 6) is 1.47. The molecule has 0 aliphatic rings. The smallest absolute Gasteiger partial charge is 0.149 e. The number of nitrogens with one attached hydrogen (secondary N) is 1. The second-order valence-corrected chi connectivity index (χ2v) is 7.07. The van der Waals surface area contributed by atoms with E-state index in [1.165, 1.54) is 6.26 Å². The number of hydrogen-bond acceptors (Lipinski definition) is 5. The zero-order valence-electron chi connectivity index (χ0n) is 11.8. The van der Waals surface area contributed by atoms with Crippen molar-refractivity contribution in [2.24, 2.45) is 0 Å². The van der Waals surface area contributed by atoms with Crippen molar-refractivity contribution in [1.29, 1.82) is 0 Å². The maximum Gasteiger partial charge on any atom is 0.149 e. The van der Waals surface area contributed by atoms with E-state index in [1.54, 1.807) is 13.3 Å². The number of sulfone groups is 1. The van der Waals surface area contributed by atoms with Gasteiger partial charge in [-0.1, -0.05) is 6.07 Å². The predicted octanol–water partition coefficient (Wildman–Crippen LogP) is 2.09. The monoisotopic (exact) mass is 294 g/mol. The third kappa shape index (κ3) is 3.60. The highest BCUT2D eigenvalue weighted by atomic mass is 32.2. The topological polar surface area (TPSA) is 68.3 Å². The van der Waals surface area contributed by atoms with Gasteiger partial charge in [-0.3, -0.25) is 0 Å². The molecule has 0 radical (unpaired) electrons. The van der Waals surface area contributed by atoms with E-state index in [1.807, 2.05) is 31.2 Å². The fraction of sp³-hybridized carbons (Fsp3) is 0.357. The Labute approximate surface area is 118 Å². The van der Waals surface area contributed by atoms with Crippen LogP contribution in [-0.2, 0) is 9.84 Å². The van der Waals surface area contributed by atoms with Crippen LogP contribution in [0.4, 0.5) is 5.82 Å². The van der Waals surface area contributed by atoms with Gasteiger partial charge in [-0.15, -0.1) is 0 Å². The van der Waals surface area contributed by atoms with Crippen molar-refractivity contribution in [1.82, 2.24) is 4.98 Å². The molecule has 0 aliphatic carbocycles. The zero-order valence-corrected chi connectivity index (χ0v) is 12.6. The summed E-state index contributed by atoms with van der Waals surface area (Å²) in [6.45, 7) is 1.82. The first-order valence-electron chi connectivity index (χ1n) is 6.26. The molecule has 0 saturated heterocycles. The van der Waals surface area contributed by atoms with Gasteiger partial charge in [0.1, 0.15) is 21.4 Å². The molecule has 5 nitrogen and oxygen atoms in total. The Hall–Kier alpha value is -1.82. The molecule has 108 valence electrons. The molecule has 0 fully saturated rings. The molecular weight excluding hydrogens is 276 g/mol. The van der Waals surface area contributed by atoms with Gasteiger partial charge in [0.15, 0.2) is 0 Å². The summed E-state index contributed by atoms with van der Waals surface area (Å²) in [7, 11) is -1.42. The van der Waals surface area contributed by atoms with Gasteiger partial charge >= 0.3 is 0 Å². The number of hydrogen-bond donors (Lipinski definition) is 1. The van der Waals surface area contributed by atoms with Crippen LogP contribution in [0.25, 0.3) is 10.8 Å². The Morgan fingerprint density at radius 2 is 2.10 bits per heavy atom. The number of nitrogens with zero attached hydrogens (tertiary/aromatic N) is 1. The van der Waals surface area contributed by atoms with E-state index < -0.39 is 9.84 Å². The van der Waals surface area contributed by atoms with Crippen LogP contribution in [-0.4, -0.2) is 38.6 Å². The maximum atomic E-state index is 11.3. The first kappa shape index (κ1) is 14.6. The van der Waals surface area contributed by atoms with E-state index in [0.29, 0.717) is 5.82 Å². The molecule has 0 bridgehead atoms. The van der Waals surface area contributed by atoms with Crippen LogP contribution in [0.3, 0.4) is 0 Å². The summed E-state index contributed by atoms with van der Waals surface area (Å²) in [6, 6.07) is 7.40. The summed E-state index contributed by atoms with van der Waals surface area (Å²) < 4.78 is 27.8. The number of anilines is 1. The molecular formula is C14H18N2O3S. The minimum absolute atomic E-state index is 0.0645. The van der Waals surface area contributed by atoms with Crippen molar-refractivity contribution >= 4 is 26.4 Å². The number of aromatic nitrogens is 1. The highest BCUT2D eigenvalue weighted by Gasteiger charge is 2.12. The average molecular weight is 294 g/mol. The van der Waals surface area contributed by atoms with Crippen molar-refractivity contribution in [2.75, 3.05) is 24.4 Å². The lowest BCUT2D eigenvalue weighted by Gasteiger charge is -2.15. The summed E-state index contributed by atoms with van der Waals surface area (Å²) in [4.78, 5) is 4.29. The molecule has 0 amide bonds. The van der Waals surface area contributed by atoms with Crippen LogP contribution >= 0.6 is 0 Å². The highest BCUT2D eigenvalue weighted by Crippen LogP contribution is 2.26.